The second-order valence-electron chi connectivity index (χ2n) is 2.91. The van der Waals surface area contributed by atoms with E-state index in [0.29, 0.717) is 26.4 Å². The predicted molar refractivity (Wildman–Crippen MR) is 50.8 cm³/mol. The van der Waals surface area contributed by atoms with Crippen LogP contribution in [0.4, 0.5) is 8.78 Å². The second-order valence-corrected chi connectivity index (χ2v) is 2.91. The van der Waals surface area contributed by atoms with Crippen molar-refractivity contribution in [3.8, 4) is 0 Å². The van der Waals surface area contributed by atoms with Gasteiger partial charge in [0.1, 0.15) is 0 Å². The molecular weight excluding hydrogens is 192 g/mol. The maximum atomic E-state index is 11.6. The SMILES string of the molecule is COCCOCCCCNCC(F)F. The first-order chi connectivity index (χ1) is 6.77. The van der Waals surface area contributed by atoms with Gasteiger partial charge < -0.3 is 14.8 Å². The quantitative estimate of drug-likeness (QED) is 0.552. The summed E-state index contributed by atoms with van der Waals surface area (Å²) < 4.78 is 33.3. The van der Waals surface area contributed by atoms with Crippen molar-refractivity contribution in [3.05, 3.63) is 0 Å². The number of hydrogen-bond donors (Lipinski definition) is 1. The summed E-state index contributed by atoms with van der Waals surface area (Å²) in [5.74, 6) is 0. The molecule has 0 aromatic carbocycles. The number of unbranched alkanes of at least 4 members (excludes halogenated alkanes) is 1. The molecule has 3 nitrogen and oxygen atoms in total. The second kappa shape index (κ2) is 10.8. The summed E-state index contributed by atoms with van der Waals surface area (Å²) in [6.45, 7) is 2.27. The Labute approximate surface area is 83.8 Å². The normalized spacial score (nSPS) is 11.1. The van der Waals surface area contributed by atoms with Crippen LogP contribution < -0.4 is 5.32 Å². The maximum Gasteiger partial charge on any atom is 0.250 e. The number of alkyl halides is 2. The van der Waals surface area contributed by atoms with E-state index in [0.717, 1.165) is 12.8 Å². The van der Waals surface area contributed by atoms with E-state index in [1.165, 1.54) is 0 Å². The molecule has 0 aromatic heterocycles. The number of rotatable bonds is 10. The minimum absolute atomic E-state index is 0.218. The molecule has 0 aliphatic rings. The fraction of sp³-hybridized carbons (Fsp3) is 1.00. The van der Waals surface area contributed by atoms with Gasteiger partial charge in [-0.2, -0.15) is 0 Å². The van der Waals surface area contributed by atoms with E-state index in [1.807, 2.05) is 0 Å². The minimum Gasteiger partial charge on any atom is -0.382 e. The van der Waals surface area contributed by atoms with Gasteiger partial charge in [0, 0.05) is 13.7 Å². The van der Waals surface area contributed by atoms with Gasteiger partial charge in [-0.05, 0) is 19.4 Å². The van der Waals surface area contributed by atoms with Crippen molar-refractivity contribution in [1.82, 2.24) is 5.32 Å². The lowest BCUT2D eigenvalue weighted by atomic mass is 10.3. The van der Waals surface area contributed by atoms with Crippen LogP contribution in [0.25, 0.3) is 0 Å². The standard InChI is InChI=1S/C9H19F2NO2/c1-13-6-7-14-5-3-2-4-12-8-9(10)11/h9,12H,2-8H2,1H3. The van der Waals surface area contributed by atoms with Crippen molar-refractivity contribution in [2.24, 2.45) is 0 Å². The first-order valence-electron chi connectivity index (χ1n) is 4.83. The van der Waals surface area contributed by atoms with E-state index >= 15 is 0 Å². The summed E-state index contributed by atoms with van der Waals surface area (Å²) in [4.78, 5) is 0. The molecule has 0 aliphatic carbocycles. The third kappa shape index (κ3) is 11.7. The van der Waals surface area contributed by atoms with Crippen LogP contribution in [0.1, 0.15) is 12.8 Å². The fourth-order valence-electron chi connectivity index (χ4n) is 0.910. The maximum absolute atomic E-state index is 11.6. The smallest absolute Gasteiger partial charge is 0.250 e. The van der Waals surface area contributed by atoms with Crippen LogP contribution in [0, 0.1) is 0 Å². The molecule has 0 amide bonds. The molecule has 0 radical (unpaired) electrons. The molecule has 86 valence electrons. The van der Waals surface area contributed by atoms with Crippen LogP contribution in [0.15, 0.2) is 0 Å². The van der Waals surface area contributed by atoms with Crippen molar-refractivity contribution in [3.63, 3.8) is 0 Å². The zero-order valence-electron chi connectivity index (χ0n) is 8.60. The highest BCUT2D eigenvalue weighted by Gasteiger charge is 1.99. The largest absolute Gasteiger partial charge is 0.382 e. The lowest BCUT2D eigenvalue weighted by molar-refractivity contribution is 0.0686. The Hall–Kier alpha value is -0.260. The Morgan fingerprint density at radius 3 is 2.57 bits per heavy atom. The van der Waals surface area contributed by atoms with Gasteiger partial charge in [-0.1, -0.05) is 0 Å². The van der Waals surface area contributed by atoms with Gasteiger partial charge in [0.15, 0.2) is 0 Å². The van der Waals surface area contributed by atoms with Crippen LogP contribution in [0.2, 0.25) is 0 Å². The molecule has 0 spiro atoms. The average molecular weight is 211 g/mol. The molecule has 0 unspecified atom stereocenters. The van der Waals surface area contributed by atoms with Gasteiger partial charge >= 0.3 is 0 Å². The molecule has 1 N–H and O–H groups in total. The number of halogens is 2. The molecule has 0 fully saturated rings. The zero-order valence-corrected chi connectivity index (χ0v) is 8.60. The van der Waals surface area contributed by atoms with Crippen molar-refractivity contribution in [2.75, 3.05) is 40.0 Å². The van der Waals surface area contributed by atoms with Crippen LogP contribution in [0.3, 0.4) is 0 Å². The Morgan fingerprint density at radius 1 is 1.14 bits per heavy atom. The van der Waals surface area contributed by atoms with Crippen molar-refractivity contribution >= 4 is 0 Å². The Kier molecular flexibility index (Phi) is 10.6. The van der Waals surface area contributed by atoms with Gasteiger partial charge in [-0.15, -0.1) is 0 Å². The van der Waals surface area contributed by atoms with Gasteiger partial charge in [0.2, 0.25) is 0 Å². The van der Waals surface area contributed by atoms with E-state index in [1.54, 1.807) is 7.11 Å². The molecule has 5 heteroatoms. The van der Waals surface area contributed by atoms with Crippen molar-refractivity contribution < 1.29 is 18.3 Å². The first kappa shape index (κ1) is 13.7. The van der Waals surface area contributed by atoms with Gasteiger partial charge in [0.25, 0.3) is 6.43 Å². The van der Waals surface area contributed by atoms with Gasteiger partial charge in [-0.3, -0.25) is 0 Å². The summed E-state index contributed by atoms with van der Waals surface area (Å²) >= 11 is 0. The van der Waals surface area contributed by atoms with E-state index < -0.39 is 6.43 Å². The van der Waals surface area contributed by atoms with E-state index in [4.69, 9.17) is 9.47 Å². The van der Waals surface area contributed by atoms with Crippen LogP contribution in [-0.4, -0.2) is 46.4 Å². The first-order valence-corrected chi connectivity index (χ1v) is 4.83. The molecule has 0 rings (SSSR count). The van der Waals surface area contributed by atoms with E-state index in [2.05, 4.69) is 5.32 Å². The molecule has 14 heavy (non-hydrogen) atoms. The molecule has 0 heterocycles. The molecule has 0 bridgehead atoms. The van der Waals surface area contributed by atoms with Crippen molar-refractivity contribution in [1.29, 1.82) is 0 Å². The number of ether oxygens (including phenoxy) is 2. The zero-order chi connectivity index (χ0) is 10.6. The highest BCUT2D eigenvalue weighted by atomic mass is 19.3. The van der Waals surface area contributed by atoms with Crippen molar-refractivity contribution in [2.45, 2.75) is 19.3 Å². The minimum atomic E-state index is -2.26. The summed E-state index contributed by atoms with van der Waals surface area (Å²) in [6.07, 6.45) is -0.507. The van der Waals surface area contributed by atoms with Gasteiger partial charge in [0.05, 0.1) is 19.8 Å². The number of hydrogen-bond acceptors (Lipinski definition) is 3. The molecule has 0 aromatic rings. The van der Waals surface area contributed by atoms with Crippen LogP contribution in [-0.2, 0) is 9.47 Å². The molecule has 0 saturated heterocycles. The lowest BCUT2D eigenvalue weighted by Gasteiger charge is -2.04. The molecular formula is C9H19F2NO2. The van der Waals surface area contributed by atoms with Crippen LogP contribution in [0.5, 0.6) is 0 Å². The Morgan fingerprint density at radius 2 is 1.93 bits per heavy atom. The Bertz CT molecular complexity index is 115. The Balaban J connectivity index is 2.85. The topological polar surface area (TPSA) is 30.5 Å². The van der Waals surface area contributed by atoms with E-state index in [-0.39, 0.29) is 6.54 Å². The number of methoxy groups -OCH3 is 1. The molecule has 0 atom stereocenters. The molecule has 0 aliphatic heterocycles. The van der Waals surface area contributed by atoms with Gasteiger partial charge in [-0.25, -0.2) is 8.78 Å². The molecule has 0 saturated carbocycles. The summed E-state index contributed by atoms with van der Waals surface area (Å²) in [5.41, 5.74) is 0. The highest BCUT2D eigenvalue weighted by molar-refractivity contribution is 4.49. The van der Waals surface area contributed by atoms with E-state index in [9.17, 15) is 8.78 Å². The third-order valence-electron chi connectivity index (χ3n) is 1.62. The lowest BCUT2D eigenvalue weighted by Crippen LogP contribution is -2.22. The summed E-state index contributed by atoms with van der Waals surface area (Å²) in [7, 11) is 1.62. The highest BCUT2D eigenvalue weighted by Crippen LogP contribution is 1.91. The monoisotopic (exact) mass is 211 g/mol. The average Bonchev–Trinajstić information content (AvgIpc) is 2.15. The predicted octanol–water partition coefficient (Wildman–Crippen LogP) is 1.28. The number of nitrogens with one attached hydrogen (secondary N) is 1. The fourth-order valence-corrected chi connectivity index (χ4v) is 0.910. The summed E-state index contributed by atoms with van der Waals surface area (Å²) in [6, 6.07) is 0. The summed E-state index contributed by atoms with van der Waals surface area (Å²) in [5, 5.41) is 2.66. The van der Waals surface area contributed by atoms with Crippen LogP contribution >= 0.6 is 0 Å². The third-order valence-corrected chi connectivity index (χ3v) is 1.62.